The summed E-state index contributed by atoms with van der Waals surface area (Å²) < 4.78 is 2.11. The number of amides is 1. The number of imidazole rings is 1. The number of halogens is 1. The van der Waals surface area contributed by atoms with E-state index in [0.29, 0.717) is 24.9 Å². The van der Waals surface area contributed by atoms with Gasteiger partial charge in [-0.2, -0.15) is 0 Å². The highest BCUT2D eigenvalue weighted by molar-refractivity contribution is 6.31. The minimum atomic E-state index is 0.223. The first-order valence-electron chi connectivity index (χ1n) is 9.73. The van der Waals surface area contributed by atoms with E-state index >= 15 is 0 Å². The van der Waals surface area contributed by atoms with Crippen LogP contribution in [0.4, 0.5) is 0 Å². The lowest BCUT2D eigenvalue weighted by molar-refractivity contribution is -0.136. The van der Waals surface area contributed by atoms with Crippen LogP contribution >= 0.6 is 11.6 Å². The van der Waals surface area contributed by atoms with Crippen LogP contribution < -0.4 is 0 Å². The Balaban J connectivity index is 1.49. The van der Waals surface area contributed by atoms with Gasteiger partial charge in [0.25, 0.3) is 0 Å². The Kier molecular flexibility index (Phi) is 5.30. The van der Waals surface area contributed by atoms with Gasteiger partial charge in [-0.05, 0) is 43.2 Å². The number of hydrogen-bond acceptors (Lipinski definition) is 2. The van der Waals surface area contributed by atoms with Gasteiger partial charge in [0.2, 0.25) is 5.91 Å². The largest absolute Gasteiger partial charge is 0.335 e. The maximum absolute atomic E-state index is 13.0. The molecule has 0 aliphatic heterocycles. The van der Waals surface area contributed by atoms with Crippen molar-refractivity contribution in [3.05, 3.63) is 53.1 Å². The van der Waals surface area contributed by atoms with Crippen LogP contribution in [0.25, 0.3) is 0 Å². The number of carbonyl (C=O) groups excluding carboxylic acids is 1. The summed E-state index contributed by atoms with van der Waals surface area (Å²) in [5.74, 6) is 2.19. The lowest BCUT2D eigenvalue weighted by atomic mass is 10.1. The molecule has 1 aromatic carbocycles. The predicted molar refractivity (Wildman–Crippen MR) is 103 cm³/mol. The van der Waals surface area contributed by atoms with Crippen LogP contribution in [0.1, 0.15) is 49.9 Å². The van der Waals surface area contributed by atoms with Crippen LogP contribution in [-0.4, -0.2) is 26.9 Å². The lowest BCUT2D eigenvalue weighted by Gasteiger charge is -2.26. The molecule has 0 unspecified atom stereocenters. The van der Waals surface area contributed by atoms with Gasteiger partial charge < -0.3 is 9.47 Å². The van der Waals surface area contributed by atoms with Crippen LogP contribution in [0, 0.1) is 11.8 Å². The van der Waals surface area contributed by atoms with E-state index in [0.717, 1.165) is 35.8 Å². The van der Waals surface area contributed by atoms with Gasteiger partial charge in [0.1, 0.15) is 5.82 Å². The molecule has 0 atom stereocenters. The molecule has 5 heteroatoms. The predicted octanol–water partition coefficient (Wildman–Crippen LogP) is 4.51. The normalized spacial score (nSPS) is 17.6. The Morgan fingerprint density at radius 3 is 2.69 bits per heavy atom. The second-order valence-corrected chi connectivity index (χ2v) is 8.11. The van der Waals surface area contributed by atoms with Crippen LogP contribution in [-0.2, 0) is 17.9 Å². The number of rotatable bonds is 7. The standard InChI is InChI=1S/C21H26ClN3O/c22-19-8-4-3-7-18(19)14-24-12-11-23-20(24)15-25(13-16-9-10-16)21(26)17-5-1-2-6-17/h3-4,7-8,11-12,16-17H,1-2,5-6,9-10,13-15H2. The first kappa shape index (κ1) is 17.6. The molecule has 0 spiro atoms. The molecular formula is C21H26ClN3O. The van der Waals surface area contributed by atoms with E-state index in [1.54, 1.807) is 0 Å². The fourth-order valence-electron chi connectivity index (χ4n) is 3.89. The summed E-state index contributed by atoms with van der Waals surface area (Å²) in [5.41, 5.74) is 1.07. The SMILES string of the molecule is O=C(C1CCCC1)N(Cc1nccn1Cc1ccccc1Cl)CC1CC1. The van der Waals surface area contributed by atoms with Crippen molar-refractivity contribution in [2.75, 3.05) is 6.54 Å². The lowest BCUT2D eigenvalue weighted by Crippen LogP contribution is -2.37. The molecule has 2 aliphatic carbocycles. The van der Waals surface area contributed by atoms with Crippen molar-refractivity contribution in [2.45, 2.75) is 51.6 Å². The highest BCUT2D eigenvalue weighted by atomic mass is 35.5. The van der Waals surface area contributed by atoms with E-state index in [1.807, 2.05) is 36.7 Å². The van der Waals surface area contributed by atoms with E-state index < -0.39 is 0 Å². The summed E-state index contributed by atoms with van der Waals surface area (Å²) in [6.45, 7) is 2.17. The zero-order chi connectivity index (χ0) is 17.9. The Labute approximate surface area is 160 Å². The minimum Gasteiger partial charge on any atom is -0.335 e. The monoisotopic (exact) mass is 371 g/mol. The molecule has 26 heavy (non-hydrogen) atoms. The number of hydrogen-bond donors (Lipinski definition) is 0. The highest BCUT2D eigenvalue weighted by Crippen LogP contribution is 2.33. The molecule has 2 aliphatic rings. The molecular weight excluding hydrogens is 346 g/mol. The Bertz CT molecular complexity index is 762. The fourth-order valence-corrected chi connectivity index (χ4v) is 4.09. The summed E-state index contributed by atoms with van der Waals surface area (Å²) in [6, 6.07) is 7.90. The van der Waals surface area contributed by atoms with Gasteiger partial charge in [-0.25, -0.2) is 4.98 Å². The number of benzene rings is 1. The van der Waals surface area contributed by atoms with Gasteiger partial charge in [0.05, 0.1) is 13.1 Å². The maximum atomic E-state index is 13.0. The smallest absolute Gasteiger partial charge is 0.226 e. The topological polar surface area (TPSA) is 38.1 Å². The molecule has 1 aromatic heterocycles. The van der Waals surface area contributed by atoms with Gasteiger partial charge in [-0.1, -0.05) is 42.6 Å². The summed E-state index contributed by atoms with van der Waals surface area (Å²) in [5, 5.41) is 0.768. The molecule has 2 aromatic rings. The molecule has 1 heterocycles. The molecule has 2 saturated carbocycles. The van der Waals surface area contributed by atoms with Crippen molar-refractivity contribution in [3.63, 3.8) is 0 Å². The minimum absolute atomic E-state index is 0.223. The van der Waals surface area contributed by atoms with E-state index in [4.69, 9.17) is 11.6 Å². The maximum Gasteiger partial charge on any atom is 0.226 e. The molecule has 0 bridgehead atoms. The molecule has 0 radical (unpaired) electrons. The van der Waals surface area contributed by atoms with Gasteiger partial charge >= 0.3 is 0 Å². The third kappa shape index (κ3) is 4.12. The summed E-state index contributed by atoms with van der Waals surface area (Å²) in [4.78, 5) is 19.6. The van der Waals surface area contributed by atoms with Gasteiger partial charge in [0, 0.05) is 29.9 Å². The molecule has 138 valence electrons. The number of aromatic nitrogens is 2. The van der Waals surface area contributed by atoms with Crippen LogP contribution in [0.2, 0.25) is 5.02 Å². The van der Waals surface area contributed by atoms with Gasteiger partial charge in [0.15, 0.2) is 0 Å². The van der Waals surface area contributed by atoms with Crippen LogP contribution in [0.5, 0.6) is 0 Å². The average molecular weight is 372 g/mol. The first-order valence-corrected chi connectivity index (χ1v) is 10.1. The van der Waals surface area contributed by atoms with E-state index in [2.05, 4.69) is 14.5 Å². The molecule has 0 saturated heterocycles. The molecule has 2 fully saturated rings. The van der Waals surface area contributed by atoms with Crippen LogP contribution in [0.3, 0.4) is 0 Å². The van der Waals surface area contributed by atoms with Crippen molar-refractivity contribution in [1.82, 2.24) is 14.5 Å². The van der Waals surface area contributed by atoms with E-state index in [9.17, 15) is 4.79 Å². The Morgan fingerprint density at radius 1 is 1.19 bits per heavy atom. The summed E-state index contributed by atoms with van der Waals surface area (Å²) in [7, 11) is 0. The van der Waals surface area contributed by atoms with Crippen LogP contribution in [0.15, 0.2) is 36.7 Å². The highest BCUT2D eigenvalue weighted by Gasteiger charge is 2.32. The Hall–Kier alpha value is -1.81. The van der Waals surface area contributed by atoms with E-state index in [-0.39, 0.29) is 5.92 Å². The number of carbonyl (C=O) groups is 1. The van der Waals surface area contributed by atoms with Crippen molar-refractivity contribution < 1.29 is 4.79 Å². The molecule has 4 nitrogen and oxygen atoms in total. The second-order valence-electron chi connectivity index (χ2n) is 7.71. The average Bonchev–Trinajstić information content (AvgIpc) is 3.10. The van der Waals surface area contributed by atoms with Gasteiger partial charge in [-0.3, -0.25) is 4.79 Å². The number of nitrogens with zero attached hydrogens (tertiary/aromatic N) is 3. The second kappa shape index (κ2) is 7.83. The third-order valence-electron chi connectivity index (χ3n) is 5.62. The molecule has 0 N–H and O–H groups in total. The molecule has 4 rings (SSSR count). The van der Waals surface area contributed by atoms with Gasteiger partial charge in [-0.15, -0.1) is 0 Å². The first-order chi connectivity index (χ1) is 12.7. The summed E-state index contributed by atoms with van der Waals surface area (Å²) >= 11 is 6.31. The molecule has 1 amide bonds. The van der Waals surface area contributed by atoms with Crippen molar-refractivity contribution in [3.8, 4) is 0 Å². The zero-order valence-electron chi connectivity index (χ0n) is 15.1. The summed E-state index contributed by atoms with van der Waals surface area (Å²) in [6.07, 6.45) is 10.8. The van der Waals surface area contributed by atoms with Crippen molar-refractivity contribution in [2.24, 2.45) is 11.8 Å². The quantitative estimate of drug-likeness (QED) is 0.718. The van der Waals surface area contributed by atoms with Crippen molar-refractivity contribution >= 4 is 17.5 Å². The van der Waals surface area contributed by atoms with E-state index in [1.165, 1.54) is 25.7 Å². The fraction of sp³-hybridized carbons (Fsp3) is 0.524. The van der Waals surface area contributed by atoms with Crippen molar-refractivity contribution in [1.29, 1.82) is 0 Å². The zero-order valence-corrected chi connectivity index (χ0v) is 15.9. The Morgan fingerprint density at radius 2 is 1.96 bits per heavy atom. The third-order valence-corrected chi connectivity index (χ3v) is 5.99.